The fraction of sp³-hybridized carbons (Fsp3) is 0.333. The van der Waals surface area contributed by atoms with E-state index in [0.29, 0.717) is 11.5 Å². The summed E-state index contributed by atoms with van der Waals surface area (Å²) >= 11 is 0. The Morgan fingerprint density at radius 1 is 1.15 bits per heavy atom. The minimum absolute atomic E-state index is 0.0144. The number of nitrogens with zero attached hydrogens (tertiary/aromatic N) is 2. The van der Waals surface area contributed by atoms with Gasteiger partial charge < -0.3 is 10.2 Å². The van der Waals surface area contributed by atoms with Crippen molar-refractivity contribution >= 4 is 6.03 Å². The number of likely N-dealkylation sites (tertiary alicyclic amines) is 1. The smallest absolute Gasteiger partial charge is 0.317 e. The Kier molecular flexibility index (Phi) is 5.85. The third-order valence-corrected chi connectivity index (χ3v) is 4.87. The molecule has 1 N–H and O–H groups in total. The molecular weight excluding hydrogens is 329 g/mol. The highest BCUT2D eigenvalue weighted by molar-refractivity contribution is 5.74. The number of carbonyl (C=O) groups is 1. The molecule has 1 aliphatic heterocycles. The summed E-state index contributed by atoms with van der Waals surface area (Å²) in [6.45, 7) is 1.74. The van der Waals surface area contributed by atoms with Gasteiger partial charge in [-0.2, -0.15) is 5.26 Å². The van der Waals surface area contributed by atoms with Crippen molar-refractivity contribution < 1.29 is 9.18 Å². The van der Waals surface area contributed by atoms with Gasteiger partial charge in [-0.1, -0.05) is 36.4 Å². The van der Waals surface area contributed by atoms with Gasteiger partial charge in [-0.3, -0.25) is 0 Å². The number of hydrogen-bond acceptors (Lipinski definition) is 2. The van der Waals surface area contributed by atoms with Crippen LogP contribution in [0, 0.1) is 23.1 Å². The van der Waals surface area contributed by atoms with Crippen LogP contribution < -0.4 is 5.32 Å². The molecule has 0 unspecified atom stereocenters. The van der Waals surface area contributed by atoms with Crippen molar-refractivity contribution in [3.05, 3.63) is 71.0 Å². The first kappa shape index (κ1) is 17.9. The summed E-state index contributed by atoms with van der Waals surface area (Å²) in [6, 6.07) is 16.5. The van der Waals surface area contributed by atoms with E-state index in [2.05, 4.69) is 29.6 Å². The Bertz CT molecular complexity index is 793. The summed E-state index contributed by atoms with van der Waals surface area (Å²) in [5, 5.41) is 11.6. The van der Waals surface area contributed by atoms with Crippen LogP contribution in [0.3, 0.4) is 0 Å². The molecule has 5 heteroatoms. The monoisotopic (exact) mass is 351 g/mol. The van der Waals surface area contributed by atoms with Crippen molar-refractivity contribution in [2.75, 3.05) is 13.1 Å². The van der Waals surface area contributed by atoms with E-state index in [1.807, 2.05) is 11.0 Å². The molecule has 1 heterocycles. The normalized spacial score (nSPS) is 14.7. The quantitative estimate of drug-likeness (QED) is 0.909. The highest BCUT2D eigenvalue weighted by Gasteiger charge is 2.22. The number of rotatable bonds is 4. The third-order valence-electron chi connectivity index (χ3n) is 4.87. The molecule has 0 aromatic heterocycles. The molecule has 1 saturated heterocycles. The number of carbonyl (C=O) groups excluding carboxylic acids is 1. The van der Waals surface area contributed by atoms with Crippen LogP contribution in [0.25, 0.3) is 0 Å². The van der Waals surface area contributed by atoms with Crippen molar-refractivity contribution in [2.24, 2.45) is 5.92 Å². The van der Waals surface area contributed by atoms with Crippen LogP contribution in [0.4, 0.5) is 9.18 Å². The maximum Gasteiger partial charge on any atom is 0.317 e. The average Bonchev–Trinajstić information content (AvgIpc) is 2.67. The molecule has 4 nitrogen and oxygen atoms in total. The zero-order valence-corrected chi connectivity index (χ0v) is 14.6. The van der Waals surface area contributed by atoms with Gasteiger partial charge in [0.15, 0.2) is 0 Å². The largest absolute Gasteiger partial charge is 0.334 e. The van der Waals surface area contributed by atoms with Crippen molar-refractivity contribution in [3.63, 3.8) is 0 Å². The maximum atomic E-state index is 13.6. The predicted octanol–water partition coefficient (Wildman–Crippen LogP) is 3.86. The van der Waals surface area contributed by atoms with Crippen LogP contribution in [-0.2, 0) is 13.0 Å². The third kappa shape index (κ3) is 4.60. The van der Waals surface area contributed by atoms with E-state index in [9.17, 15) is 9.18 Å². The molecule has 0 spiro atoms. The molecule has 3 rings (SSSR count). The topological polar surface area (TPSA) is 56.1 Å². The maximum absolute atomic E-state index is 13.6. The lowest BCUT2D eigenvalue weighted by Gasteiger charge is -2.32. The van der Waals surface area contributed by atoms with Crippen LogP contribution >= 0.6 is 0 Å². The lowest BCUT2D eigenvalue weighted by molar-refractivity contribution is 0.170. The summed E-state index contributed by atoms with van der Waals surface area (Å²) in [7, 11) is 0. The highest BCUT2D eigenvalue weighted by atomic mass is 19.1. The van der Waals surface area contributed by atoms with Crippen LogP contribution in [0.2, 0.25) is 0 Å². The van der Waals surface area contributed by atoms with Gasteiger partial charge in [-0.05, 0) is 48.4 Å². The van der Waals surface area contributed by atoms with Crippen molar-refractivity contribution in [2.45, 2.75) is 25.8 Å². The average molecular weight is 351 g/mol. The van der Waals surface area contributed by atoms with E-state index in [4.69, 9.17) is 5.26 Å². The molecule has 0 atom stereocenters. The zero-order chi connectivity index (χ0) is 18.4. The minimum atomic E-state index is -0.555. The molecular formula is C21H22FN3O. The molecule has 0 bridgehead atoms. The second kappa shape index (κ2) is 8.48. The fourth-order valence-electron chi connectivity index (χ4n) is 3.34. The first-order valence-electron chi connectivity index (χ1n) is 8.91. The van der Waals surface area contributed by atoms with E-state index in [0.717, 1.165) is 32.4 Å². The summed E-state index contributed by atoms with van der Waals surface area (Å²) in [5.74, 6) is 0.0510. The molecule has 2 amide bonds. The zero-order valence-electron chi connectivity index (χ0n) is 14.6. The molecule has 134 valence electrons. The van der Waals surface area contributed by atoms with Crippen molar-refractivity contribution in [1.29, 1.82) is 5.26 Å². The Labute approximate surface area is 153 Å². The number of benzene rings is 2. The van der Waals surface area contributed by atoms with E-state index in [1.54, 1.807) is 12.1 Å². The first-order valence-corrected chi connectivity index (χ1v) is 8.91. The van der Waals surface area contributed by atoms with Gasteiger partial charge in [0.25, 0.3) is 0 Å². The van der Waals surface area contributed by atoms with E-state index >= 15 is 0 Å². The number of urea groups is 1. The van der Waals surface area contributed by atoms with E-state index in [1.165, 1.54) is 17.7 Å². The molecule has 2 aromatic carbocycles. The molecule has 1 aliphatic rings. The summed E-state index contributed by atoms with van der Waals surface area (Å²) in [6.07, 6.45) is 3.04. The standard InChI is InChI=1S/C21H22FN3O/c22-20-13-18(6-7-19(20)14-23)15-24-21(26)25-10-8-17(9-11-25)12-16-4-2-1-3-5-16/h1-7,13,17H,8-12,15H2,(H,24,26). The van der Waals surface area contributed by atoms with Gasteiger partial charge in [0, 0.05) is 19.6 Å². The van der Waals surface area contributed by atoms with Gasteiger partial charge in [0.1, 0.15) is 11.9 Å². The first-order chi connectivity index (χ1) is 12.7. The van der Waals surface area contributed by atoms with Gasteiger partial charge in [-0.15, -0.1) is 0 Å². The number of halogens is 1. The number of hydrogen-bond donors (Lipinski definition) is 1. The van der Waals surface area contributed by atoms with Gasteiger partial charge >= 0.3 is 6.03 Å². The second-order valence-corrected chi connectivity index (χ2v) is 6.70. The lowest BCUT2D eigenvalue weighted by Crippen LogP contribution is -2.44. The molecule has 0 aliphatic carbocycles. The molecule has 1 fully saturated rings. The van der Waals surface area contributed by atoms with Crippen molar-refractivity contribution in [1.82, 2.24) is 10.2 Å². The molecule has 26 heavy (non-hydrogen) atoms. The Hall–Kier alpha value is -2.87. The second-order valence-electron chi connectivity index (χ2n) is 6.70. The Morgan fingerprint density at radius 3 is 2.54 bits per heavy atom. The van der Waals surface area contributed by atoms with Gasteiger partial charge in [0.2, 0.25) is 0 Å². The minimum Gasteiger partial charge on any atom is -0.334 e. The summed E-state index contributed by atoms with van der Waals surface area (Å²) < 4.78 is 13.6. The van der Waals surface area contributed by atoms with E-state index < -0.39 is 5.82 Å². The van der Waals surface area contributed by atoms with Crippen LogP contribution in [0.1, 0.15) is 29.5 Å². The summed E-state index contributed by atoms with van der Waals surface area (Å²) in [5.41, 5.74) is 2.01. The fourth-order valence-corrected chi connectivity index (χ4v) is 3.34. The highest BCUT2D eigenvalue weighted by Crippen LogP contribution is 2.21. The summed E-state index contributed by atoms with van der Waals surface area (Å²) in [4.78, 5) is 14.1. The van der Waals surface area contributed by atoms with Crippen LogP contribution in [-0.4, -0.2) is 24.0 Å². The van der Waals surface area contributed by atoms with Gasteiger partial charge in [-0.25, -0.2) is 9.18 Å². The lowest BCUT2D eigenvalue weighted by atomic mass is 9.90. The van der Waals surface area contributed by atoms with E-state index in [-0.39, 0.29) is 18.1 Å². The number of amides is 2. The van der Waals surface area contributed by atoms with Crippen LogP contribution in [0.15, 0.2) is 48.5 Å². The number of nitrogens with one attached hydrogen (secondary N) is 1. The van der Waals surface area contributed by atoms with Crippen molar-refractivity contribution in [3.8, 4) is 6.07 Å². The SMILES string of the molecule is N#Cc1ccc(CNC(=O)N2CCC(Cc3ccccc3)CC2)cc1F. The van der Waals surface area contributed by atoms with Gasteiger partial charge in [0.05, 0.1) is 5.56 Å². The Morgan fingerprint density at radius 2 is 1.88 bits per heavy atom. The molecule has 2 aromatic rings. The molecule has 0 saturated carbocycles. The molecule has 0 radical (unpaired) electrons. The predicted molar refractivity (Wildman–Crippen MR) is 97.8 cm³/mol. The Balaban J connectivity index is 1.45. The number of piperidine rings is 1. The van der Waals surface area contributed by atoms with Crippen LogP contribution in [0.5, 0.6) is 0 Å². The number of nitriles is 1.